The van der Waals surface area contributed by atoms with Gasteiger partial charge in [0.25, 0.3) is 9.84 Å². The van der Waals surface area contributed by atoms with E-state index in [2.05, 4.69) is 4.99 Å². The van der Waals surface area contributed by atoms with Crippen molar-refractivity contribution in [1.82, 2.24) is 9.80 Å². The van der Waals surface area contributed by atoms with Crippen molar-refractivity contribution < 1.29 is 26.3 Å². The van der Waals surface area contributed by atoms with Gasteiger partial charge in [0, 0.05) is 25.7 Å². The van der Waals surface area contributed by atoms with E-state index >= 15 is 0 Å². The second-order valence-electron chi connectivity index (χ2n) is 6.93. The van der Waals surface area contributed by atoms with Crippen molar-refractivity contribution in [3.63, 3.8) is 0 Å². The number of benzene rings is 1. The molecule has 0 aromatic heterocycles. The number of fused-ring (bicyclic) bond motifs is 1. The summed E-state index contributed by atoms with van der Waals surface area (Å²) in [5.74, 6) is 0.566. The molecular formula is C17H17F3N4O3S. The van der Waals surface area contributed by atoms with Crippen LogP contribution in [-0.2, 0) is 9.84 Å². The summed E-state index contributed by atoms with van der Waals surface area (Å²) in [5, 5.41) is 8.96. The molecule has 0 radical (unpaired) electrons. The Morgan fingerprint density at radius 2 is 1.96 bits per heavy atom. The van der Waals surface area contributed by atoms with E-state index in [0.717, 1.165) is 12.1 Å². The Morgan fingerprint density at radius 1 is 1.29 bits per heavy atom. The molecule has 150 valence electrons. The molecule has 0 N–H and O–H groups in total. The van der Waals surface area contributed by atoms with Crippen molar-refractivity contribution in [2.45, 2.75) is 29.9 Å². The number of likely N-dealkylation sites (N-methyl/N-ethyl adjacent to an activating group) is 1. The van der Waals surface area contributed by atoms with Gasteiger partial charge in [0.1, 0.15) is 11.4 Å². The van der Waals surface area contributed by atoms with Crippen LogP contribution in [0.4, 0.5) is 13.2 Å². The predicted octanol–water partition coefficient (Wildman–Crippen LogP) is 2.58. The molecule has 1 aromatic carbocycles. The summed E-state index contributed by atoms with van der Waals surface area (Å²) >= 11 is 0. The van der Waals surface area contributed by atoms with Gasteiger partial charge in [0.05, 0.1) is 10.6 Å². The molecular weight excluding hydrogens is 397 g/mol. The maximum atomic E-state index is 13.0. The molecule has 0 unspecified atom stereocenters. The third-order valence-electron chi connectivity index (χ3n) is 4.38. The first-order valence-corrected chi connectivity index (χ1v) is 9.69. The molecule has 11 heteroatoms. The minimum absolute atomic E-state index is 0.186. The molecule has 2 heterocycles. The quantitative estimate of drug-likeness (QED) is 0.692. The van der Waals surface area contributed by atoms with Crippen LogP contribution >= 0.6 is 0 Å². The number of alkyl halides is 3. The highest BCUT2D eigenvalue weighted by Crippen LogP contribution is 2.41. The summed E-state index contributed by atoms with van der Waals surface area (Å²) in [6, 6.07) is 3.03. The highest BCUT2D eigenvalue weighted by molar-refractivity contribution is 7.92. The number of nitriles is 1. The van der Waals surface area contributed by atoms with E-state index in [1.807, 2.05) is 0 Å². The van der Waals surface area contributed by atoms with Gasteiger partial charge in [0.2, 0.25) is 12.2 Å². The van der Waals surface area contributed by atoms with Gasteiger partial charge in [-0.05, 0) is 38.1 Å². The number of halogens is 3. The number of sulfone groups is 1. The molecule has 0 atom stereocenters. The maximum absolute atomic E-state index is 13.0. The van der Waals surface area contributed by atoms with Crippen LogP contribution in [0.5, 0.6) is 5.75 Å². The van der Waals surface area contributed by atoms with E-state index in [9.17, 15) is 21.6 Å². The van der Waals surface area contributed by atoms with E-state index in [4.69, 9.17) is 10.00 Å². The first-order chi connectivity index (χ1) is 12.9. The highest BCUT2D eigenvalue weighted by atomic mass is 32.2. The monoisotopic (exact) mass is 414 g/mol. The van der Waals surface area contributed by atoms with Gasteiger partial charge >= 0.3 is 5.51 Å². The molecule has 28 heavy (non-hydrogen) atoms. The smallest absolute Gasteiger partial charge is 0.483 e. The molecule has 2 aliphatic rings. The zero-order valence-electron chi connectivity index (χ0n) is 15.3. The molecule has 0 spiro atoms. The van der Waals surface area contributed by atoms with E-state index < -0.39 is 25.8 Å². The molecule has 3 rings (SSSR count). The van der Waals surface area contributed by atoms with Crippen molar-refractivity contribution in [3.8, 4) is 11.9 Å². The average molecular weight is 414 g/mol. The van der Waals surface area contributed by atoms with Crippen LogP contribution < -0.4 is 4.74 Å². The van der Waals surface area contributed by atoms with Crippen molar-refractivity contribution in [1.29, 1.82) is 5.26 Å². The largest absolute Gasteiger partial charge is 0.501 e. The van der Waals surface area contributed by atoms with E-state index in [0.29, 0.717) is 24.7 Å². The summed E-state index contributed by atoms with van der Waals surface area (Å²) in [4.78, 5) is 6.30. The Bertz CT molecular complexity index is 1020. The van der Waals surface area contributed by atoms with E-state index in [-0.39, 0.29) is 11.3 Å². The first kappa shape index (κ1) is 20.0. The van der Waals surface area contributed by atoms with Crippen LogP contribution in [-0.4, -0.2) is 55.4 Å². The van der Waals surface area contributed by atoms with Crippen LogP contribution in [0.3, 0.4) is 0 Å². The Balaban J connectivity index is 2.18. The molecule has 0 aliphatic carbocycles. The number of nitrogens with zero attached hydrogens (tertiary/aromatic N) is 4. The maximum Gasteiger partial charge on any atom is 0.501 e. The van der Waals surface area contributed by atoms with Gasteiger partial charge in [-0.3, -0.25) is 0 Å². The minimum atomic E-state index is -5.51. The second kappa shape index (κ2) is 6.41. The summed E-state index contributed by atoms with van der Waals surface area (Å²) in [5.41, 5.74) is -5.60. The van der Waals surface area contributed by atoms with Crippen molar-refractivity contribution in [3.05, 3.63) is 29.8 Å². The molecule has 1 aromatic rings. The number of guanidine groups is 1. The third kappa shape index (κ3) is 3.28. The van der Waals surface area contributed by atoms with Gasteiger partial charge in [-0.25, -0.2) is 8.42 Å². The van der Waals surface area contributed by atoms with E-state index in [1.54, 1.807) is 43.0 Å². The Hall–Kier alpha value is -2.74. The van der Waals surface area contributed by atoms with Crippen LogP contribution in [0, 0.1) is 11.5 Å². The van der Waals surface area contributed by atoms with Gasteiger partial charge in [-0.2, -0.15) is 18.4 Å². The van der Waals surface area contributed by atoms with Gasteiger partial charge < -0.3 is 14.5 Å². The number of aliphatic imine (C=N–C) groups is 1. The average Bonchev–Trinajstić information content (AvgIpc) is 2.93. The Morgan fingerprint density at radius 3 is 2.57 bits per heavy atom. The number of rotatable bonds is 2. The van der Waals surface area contributed by atoms with Gasteiger partial charge in [0.15, 0.2) is 0 Å². The lowest BCUT2D eigenvalue weighted by atomic mass is 9.98. The summed E-state index contributed by atoms with van der Waals surface area (Å²) in [7, 11) is -3.79. The fourth-order valence-corrected chi connectivity index (χ4v) is 3.90. The third-order valence-corrected chi connectivity index (χ3v) is 5.87. The normalized spacial score (nSPS) is 20.5. The minimum Gasteiger partial charge on any atom is -0.483 e. The number of hydrogen-bond donors (Lipinski definition) is 0. The van der Waals surface area contributed by atoms with Crippen molar-refractivity contribution in [2.24, 2.45) is 4.99 Å². The Labute approximate surface area is 160 Å². The standard InChI is InChI=1S/C17H17F3N4O3S/c1-16(2)9-13(24-7-6-23(3)15(24)22-10-21)12-8-11(4-5-14(12)27-16)28(25,26)17(18,19)20/h4-5,8-9H,6-7H2,1-3H3. The molecule has 0 bridgehead atoms. The lowest BCUT2D eigenvalue weighted by molar-refractivity contribution is -0.0436. The summed E-state index contributed by atoms with van der Waals surface area (Å²) in [6.45, 7) is 4.48. The van der Waals surface area contributed by atoms with Crippen LogP contribution in [0.15, 0.2) is 34.2 Å². The van der Waals surface area contributed by atoms with Crippen molar-refractivity contribution >= 4 is 21.5 Å². The topological polar surface area (TPSA) is 86.0 Å². The first-order valence-electron chi connectivity index (χ1n) is 8.20. The van der Waals surface area contributed by atoms with Crippen LogP contribution in [0.25, 0.3) is 5.70 Å². The number of ether oxygens (including phenoxy) is 1. The molecule has 0 amide bonds. The lowest BCUT2D eigenvalue weighted by Crippen LogP contribution is -2.36. The molecule has 1 saturated heterocycles. The molecule has 2 aliphatic heterocycles. The SMILES string of the molecule is CN1CCN(C2=CC(C)(C)Oc3ccc(S(=O)(=O)C(F)(F)F)cc32)C1=NC#N. The van der Waals surface area contributed by atoms with Crippen LogP contribution in [0.2, 0.25) is 0 Å². The van der Waals surface area contributed by atoms with Crippen molar-refractivity contribution in [2.75, 3.05) is 20.1 Å². The predicted molar refractivity (Wildman–Crippen MR) is 94.8 cm³/mol. The second-order valence-corrected chi connectivity index (χ2v) is 8.87. The lowest BCUT2D eigenvalue weighted by Gasteiger charge is -2.34. The fraction of sp³-hybridized carbons (Fsp3) is 0.412. The zero-order valence-corrected chi connectivity index (χ0v) is 16.1. The Kier molecular flexibility index (Phi) is 4.58. The van der Waals surface area contributed by atoms with Gasteiger partial charge in [-0.15, -0.1) is 4.99 Å². The van der Waals surface area contributed by atoms with E-state index in [1.165, 1.54) is 6.07 Å². The number of hydrogen-bond acceptors (Lipinski definition) is 5. The summed E-state index contributed by atoms with van der Waals surface area (Å²) < 4.78 is 68.4. The zero-order chi connectivity index (χ0) is 20.9. The summed E-state index contributed by atoms with van der Waals surface area (Å²) in [6.07, 6.45) is 3.38. The molecule has 1 fully saturated rings. The fourth-order valence-electron chi connectivity index (χ4n) is 3.12. The molecule has 0 saturated carbocycles. The highest BCUT2D eigenvalue weighted by Gasteiger charge is 2.47. The van der Waals surface area contributed by atoms with Gasteiger partial charge in [-0.1, -0.05) is 0 Å². The van der Waals surface area contributed by atoms with Crippen LogP contribution in [0.1, 0.15) is 19.4 Å². The molecule has 7 nitrogen and oxygen atoms in total.